The molecule has 2 atom stereocenters. The molecule has 0 aliphatic heterocycles. The summed E-state index contributed by atoms with van der Waals surface area (Å²) in [4.78, 5) is 24.3. The standard InChI is InChI=1S/C24H25FN2O5S/c1-14(15(2)28)27-23(19-8-12-21(13-9-19)33(5,30)31)22(18-6-10-20(25)11-7-18)24(26-27)32-17(4)16(3)29/h6-14,17H,1-5H3. The van der Waals surface area contributed by atoms with Gasteiger partial charge < -0.3 is 4.74 Å². The van der Waals surface area contributed by atoms with Crippen molar-refractivity contribution in [2.75, 3.05) is 6.26 Å². The van der Waals surface area contributed by atoms with E-state index in [4.69, 9.17) is 4.74 Å². The maximum absolute atomic E-state index is 13.6. The normalized spacial score (nSPS) is 13.4. The molecule has 0 N–H and O–H groups in total. The molecule has 174 valence electrons. The molecule has 0 fully saturated rings. The van der Waals surface area contributed by atoms with Crippen molar-refractivity contribution in [3.8, 4) is 28.3 Å². The van der Waals surface area contributed by atoms with Crippen molar-refractivity contribution in [2.24, 2.45) is 0 Å². The van der Waals surface area contributed by atoms with Gasteiger partial charge in [0.05, 0.1) is 16.2 Å². The van der Waals surface area contributed by atoms with E-state index < -0.39 is 27.8 Å². The van der Waals surface area contributed by atoms with Gasteiger partial charge in [-0.1, -0.05) is 24.3 Å². The van der Waals surface area contributed by atoms with Crippen LogP contribution >= 0.6 is 0 Å². The molecule has 9 heteroatoms. The molecule has 0 saturated carbocycles. The quantitative estimate of drug-likeness (QED) is 0.486. The fourth-order valence-corrected chi connectivity index (χ4v) is 3.84. The molecule has 7 nitrogen and oxygen atoms in total. The van der Waals surface area contributed by atoms with Crippen molar-refractivity contribution in [1.29, 1.82) is 0 Å². The number of carbonyl (C=O) groups is 2. The Morgan fingerprint density at radius 2 is 1.48 bits per heavy atom. The number of Topliss-reactive ketones (excluding diaryl/α,β-unsaturated/α-hetero) is 2. The maximum Gasteiger partial charge on any atom is 0.242 e. The van der Waals surface area contributed by atoms with Gasteiger partial charge in [0.15, 0.2) is 27.5 Å². The summed E-state index contributed by atoms with van der Waals surface area (Å²) < 4.78 is 44.8. The lowest BCUT2D eigenvalue weighted by atomic mass is 10.00. The Morgan fingerprint density at radius 1 is 0.939 bits per heavy atom. The Morgan fingerprint density at radius 3 is 1.97 bits per heavy atom. The molecule has 3 aromatic rings. The van der Waals surface area contributed by atoms with Gasteiger partial charge in [-0.25, -0.2) is 12.8 Å². The van der Waals surface area contributed by atoms with E-state index in [-0.39, 0.29) is 22.3 Å². The van der Waals surface area contributed by atoms with Gasteiger partial charge in [0.25, 0.3) is 0 Å². The summed E-state index contributed by atoms with van der Waals surface area (Å²) in [6, 6.07) is 11.2. The van der Waals surface area contributed by atoms with E-state index in [0.717, 1.165) is 6.26 Å². The molecule has 0 radical (unpaired) electrons. The first kappa shape index (κ1) is 24.3. The van der Waals surface area contributed by atoms with Crippen molar-refractivity contribution in [3.63, 3.8) is 0 Å². The van der Waals surface area contributed by atoms with Crippen molar-refractivity contribution < 1.29 is 27.1 Å². The van der Waals surface area contributed by atoms with Crippen molar-refractivity contribution in [2.45, 2.75) is 44.7 Å². The number of nitrogens with zero attached hydrogens (tertiary/aromatic N) is 2. The van der Waals surface area contributed by atoms with Crippen LogP contribution in [0.1, 0.15) is 33.7 Å². The van der Waals surface area contributed by atoms with Gasteiger partial charge in [-0.2, -0.15) is 0 Å². The SMILES string of the molecule is CC(=O)C(C)Oc1nn(C(C)C(C)=O)c(-c2ccc(S(C)(=O)=O)cc2)c1-c1ccc(F)cc1. The fraction of sp³-hybridized carbons (Fsp3) is 0.292. The van der Waals surface area contributed by atoms with Gasteiger partial charge >= 0.3 is 0 Å². The Hall–Kier alpha value is -3.33. The number of hydrogen-bond donors (Lipinski definition) is 0. The maximum atomic E-state index is 13.6. The topological polar surface area (TPSA) is 95.3 Å². The zero-order valence-corrected chi connectivity index (χ0v) is 19.8. The first-order valence-corrected chi connectivity index (χ1v) is 12.2. The summed E-state index contributed by atoms with van der Waals surface area (Å²) in [5.41, 5.74) is 2.08. The molecule has 0 spiro atoms. The second-order valence-corrected chi connectivity index (χ2v) is 9.95. The lowest BCUT2D eigenvalue weighted by Crippen LogP contribution is -2.21. The Balaban J connectivity index is 2.34. The summed E-state index contributed by atoms with van der Waals surface area (Å²) >= 11 is 0. The van der Waals surface area contributed by atoms with Crippen LogP contribution in [0, 0.1) is 5.82 Å². The summed E-state index contributed by atoms with van der Waals surface area (Å²) in [5.74, 6) is -0.696. The van der Waals surface area contributed by atoms with Crippen LogP contribution in [0.25, 0.3) is 22.4 Å². The molecule has 0 aliphatic carbocycles. The molecular weight excluding hydrogens is 447 g/mol. The van der Waals surface area contributed by atoms with Gasteiger partial charge in [0.2, 0.25) is 5.88 Å². The number of sulfone groups is 1. The predicted octanol–water partition coefficient (Wildman–Crippen LogP) is 4.27. The van der Waals surface area contributed by atoms with E-state index in [9.17, 15) is 22.4 Å². The number of halogens is 1. The third-order valence-electron chi connectivity index (χ3n) is 5.38. The lowest BCUT2D eigenvalue weighted by Gasteiger charge is -2.14. The molecule has 0 aliphatic rings. The molecular formula is C24H25FN2O5S. The van der Waals surface area contributed by atoms with Crippen molar-refractivity contribution in [3.05, 3.63) is 54.3 Å². The molecule has 0 saturated heterocycles. The summed E-state index contributed by atoms with van der Waals surface area (Å²) in [7, 11) is -3.41. The minimum absolute atomic E-state index is 0.111. The summed E-state index contributed by atoms with van der Waals surface area (Å²) in [6.45, 7) is 6.09. The summed E-state index contributed by atoms with van der Waals surface area (Å²) in [6.07, 6.45) is 0.309. The molecule has 0 amide bonds. The zero-order chi connectivity index (χ0) is 24.5. The van der Waals surface area contributed by atoms with E-state index in [1.54, 1.807) is 38.1 Å². The number of rotatable bonds is 8. The predicted molar refractivity (Wildman–Crippen MR) is 122 cm³/mol. The molecule has 1 aromatic heterocycles. The van der Waals surface area contributed by atoms with E-state index in [1.165, 1.54) is 42.8 Å². The molecule has 33 heavy (non-hydrogen) atoms. The van der Waals surface area contributed by atoms with Gasteiger partial charge in [0, 0.05) is 11.8 Å². The van der Waals surface area contributed by atoms with Crippen LogP contribution in [-0.4, -0.2) is 42.1 Å². The fourth-order valence-electron chi connectivity index (χ4n) is 3.21. The molecule has 3 rings (SSSR count). The van der Waals surface area contributed by atoms with Crippen LogP contribution in [0.2, 0.25) is 0 Å². The van der Waals surface area contributed by atoms with Gasteiger partial charge in [-0.3, -0.25) is 14.3 Å². The monoisotopic (exact) mass is 472 g/mol. The van der Waals surface area contributed by atoms with Gasteiger partial charge in [-0.05, 0) is 57.5 Å². The Kier molecular flexibility index (Phi) is 6.83. The number of ether oxygens (including phenoxy) is 1. The minimum atomic E-state index is -3.41. The first-order chi connectivity index (χ1) is 15.4. The number of benzene rings is 2. The number of hydrogen-bond acceptors (Lipinski definition) is 6. The highest BCUT2D eigenvalue weighted by Crippen LogP contribution is 2.41. The smallest absolute Gasteiger partial charge is 0.242 e. The molecule has 2 aromatic carbocycles. The van der Waals surface area contributed by atoms with E-state index in [0.29, 0.717) is 22.4 Å². The molecule has 2 unspecified atom stereocenters. The van der Waals surface area contributed by atoms with Crippen LogP contribution in [0.3, 0.4) is 0 Å². The van der Waals surface area contributed by atoms with Crippen LogP contribution in [0.15, 0.2) is 53.4 Å². The zero-order valence-electron chi connectivity index (χ0n) is 19.0. The van der Waals surface area contributed by atoms with E-state index in [2.05, 4.69) is 5.10 Å². The van der Waals surface area contributed by atoms with Crippen LogP contribution in [0.5, 0.6) is 5.88 Å². The highest BCUT2D eigenvalue weighted by molar-refractivity contribution is 7.90. The lowest BCUT2D eigenvalue weighted by molar-refractivity contribution is -0.123. The average molecular weight is 473 g/mol. The molecule has 1 heterocycles. The van der Waals surface area contributed by atoms with Gasteiger partial charge in [-0.15, -0.1) is 5.10 Å². The Labute approximate surface area is 192 Å². The van der Waals surface area contributed by atoms with Crippen molar-refractivity contribution in [1.82, 2.24) is 9.78 Å². The van der Waals surface area contributed by atoms with Crippen LogP contribution < -0.4 is 4.74 Å². The van der Waals surface area contributed by atoms with Gasteiger partial charge in [0.1, 0.15) is 11.9 Å². The van der Waals surface area contributed by atoms with E-state index in [1.807, 2.05) is 0 Å². The first-order valence-electron chi connectivity index (χ1n) is 10.3. The van der Waals surface area contributed by atoms with Crippen LogP contribution in [-0.2, 0) is 19.4 Å². The Bertz CT molecular complexity index is 1300. The number of aromatic nitrogens is 2. The second kappa shape index (κ2) is 9.27. The van der Waals surface area contributed by atoms with E-state index >= 15 is 0 Å². The van der Waals surface area contributed by atoms with Crippen molar-refractivity contribution >= 4 is 21.4 Å². The largest absolute Gasteiger partial charge is 0.465 e. The highest BCUT2D eigenvalue weighted by atomic mass is 32.2. The average Bonchev–Trinajstić information content (AvgIpc) is 3.11. The minimum Gasteiger partial charge on any atom is -0.465 e. The van der Waals surface area contributed by atoms with Crippen LogP contribution in [0.4, 0.5) is 4.39 Å². The highest BCUT2D eigenvalue weighted by Gasteiger charge is 2.28. The third-order valence-corrected chi connectivity index (χ3v) is 6.51. The summed E-state index contributed by atoms with van der Waals surface area (Å²) in [5, 5.41) is 4.51. The number of ketones is 2. The third kappa shape index (κ3) is 5.19. The molecule has 0 bridgehead atoms. The second-order valence-electron chi connectivity index (χ2n) is 7.93. The number of carbonyl (C=O) groups excluding carboxylic acids is 2.